The molecular formula is C18H28N2O3. The maximum atomic E-state index is 12.2. The van der Waals surface area contributed by atoms with Crippen molar-refractivity contribution in [3.8, 4) is 5.75 Å². The highest BCUT2D eigenvalue weighted by molar-refractivity contribution is 5.74. The van der Waals surface area contributed by atoms with Crippen LogP contribution in [0.4, 0.5) is 4.79 Å². The predicted molar refractivity (Wildman–Crippen MR) is 90.4 cm³/mol. The number of nitrogens with one attached hydrogen (secondary N) is 2. The minimum absolute atomic E-state index is 0.00195. The van der Waals surface area contributed by atoms with Crippen LogP contribution in [0.2, 0.25) is 0 Å². The van der Waals surface area contributed by atoms with Gasteiger partial charge in [-0.15, -0.1) is 0 Å². The molecule has 0 aromatic heterocycles. The zero-order valence-corrected chi connectivity index (χ0v) is 13.8. The van der Waals surface area contributed by atoms with Crippen LogP contribution in [0, 0.1) is 5.92 Å². The van der Waals surface area contributed by atoms with Crippen LogP contribution in [0.15, 0.2) is 24.3 Å². The number of hydrogen-bond donors (Lipinski definition) is 4. The fourth-order valence-electron chi connectivity index (χ4n) is 3.26. The van der Waals surface area contributed by atoms with Crippen LogP contribution >= 0.6 is 0 Å². The van der Waals surface area contributed by atoms with Crippen molar-refractivity contribution in [1.29, 1.82) is 0 Å². The number of benzene rings is 1. The molecule has 1 aliphatic rings. The Morgan fingerprint density at radius 3 is 2.61 bits per heavy atom. The molecule has 4 N–H and O–H groups in total. The number of carbonyl (C=O) groups excluding carboxylic acids is 1. The molecule has 3 atom stereocenters. The van der Waals surface area contributed by atoms with Crippen molar-refractivity contribution < 1.29 is 15.0 Å². The number of aliphatic hydroxyl groups is 1. The molecule has 1 fully saturated rings. The summed E-state index contributed by atoms with van der Waals surface area (Å²) in [6.07, 6.45) is 6.03. The van der Waals surface area contributed by atoms with Gasteiger partial charge in [0, 0.05) is 24.6 Å². The van der Waals surface area contributed by atoms with Gasteiger partial charge in [0.1, 0.15) is 5.75 Å². The van der Waals surface area contributed by atoms with Gasteiger partial charge >= 0.3 is 6.03 Å². The fourth-order valence-corrected chi connectivity index (χ4v) is 3.26. The van der Waals surface area contributed by atoms with E-state index in [0.717, 1.165) is 31.2 Å². The molecule has 23 heavy (non-hydrogen) atoms. The number of phenols is 1. The molecule has 0 radical (unpaired) electrons. The lowest BCUT2D eigenvalue weighted by Gasteiger charge is -2.25. The number of phenolic OH excluding ortho intramolecular Hbond substituents is 1. The molecule has 128 valence electrons. The average molecular weight is 320 g/mol. The lowest BCUT2D eigenvalue weighted by Crippen LogP contribution is -2.48. The van der Waals surface area contributed by atoms with Gasteiger partial charge in [0.25, 0.3) is 0 Å². The summed E-state index contributed by atoms with van der Waals surface area (Å²) in [5, 5.41) is 24.8. The Morgan fingerprint density at radius 1 is 1.22 bits per heavy atom. The van der Waals surface area contributed by atoms with Gasteiger partial charge in [-0.3, -0.25) is 0 Å². The molecule has 0 bridgehead atoms. The van der Waals surface area contributed by atoms with Crippen molar-refractivity contribution in [3.63, 3.8) is 0 Å². The maximum absolute atomic E-state index is 12.2. The van der Waals surface area contributed by atoms with Gasteiger partial charge in [-0.05, 0) is 43.9 Å². The molecule has 2 rings (SSSR count). The second-order valence-corrected chi connectivity index (χ2v) is 6.58. The Morgan fingerprint density at radius 2 is 1.91 bits per heavy atom. The Kier molecular flexibility index (Phi) is 6.71. The molecule has 5 heteroatoms. The molecule has 0 spiro atoms. The van der Waals surface area contributed by atoms with Crippen molar-refractivity contribution in [1.82, 2.24) is 10.6 Å². The highest BCUT2D eigenvalue weighted by Gasteiger charge is 2.24. The van der Waals surface area contributed by atoms with Crippen LogP contribution in [0.25, 0.3) is 0 Å². The molecule has 0 heterocycles. The van der Waals surface area contributed by atoms with E-state index in [0.29, 0.717) is 6.42 Å². The predicted octanol–water partition coefficient (Wildman–Crippen LogP) is 2.56. The lowest BCUT2D eigenvalue weighted by molar-refractivity contribution is 0.178. The first-order valence-electron chi connectivity index (χ1n) is 8.54. The first-order valence-corrected chi connectivity index (χ1v) is 8.54. The van der Waals surface area contributed by atoms with Gasteiger partial charge in [-0.1, -0.05) is 31.4 Å². The summed E-state index contributed by atoms with van der Waals surface area (Å²) in [6, 6.07) is 6.92. The second-order valence-electron chi connectivity index (χ2n) is 6.58. The number of urea groups is 1. The van der Waals surface area contributed by atoms with E-state index in [-0.39, 0.29) is 36.4 Å². The number of aromatic hydroxyl groups is 1. The van der Waals surface area contributed by atoms with Crippen LogP contribution < -0.4 is 10.6 Å². The van der Waals surface area contributed by atoms with Crippen LogP contribution in [0.3, 0.4) is 0 Å². The van der Waals surface area contributed by atoms with Crippen molar-refractivity contribution in [2.75, 3.05) is 6.61 Å². The molecule has 1 aromatic carbocycles. The topological polar surface area (TPSA) is 81.6 Å². The van der Waals surface area contributed by atoms with Crippen LogP contribution in [-0.4, -0.2) is 34.9 Å². The molecule has 1 aromatic rings. The van der Waals surface area contributed by atoms with E-state index in [1.165, 1.54) is 6.42 Å². The van der Waals surface area contributed by atoms with Crippen molar-refractivity contribution >= 4 is 6.03 Å². The zero-order valence-electron chi connectivity index (χ0n) is 13.8. The summed E-state index contributed by atoms with van der Waals surface area (Å²) in [6.45, 7) is 2.09. The summed E-state index contributed by atoms with van der Waals surface area (Å²) in [4.78, 5) is 12.2. The fraction of sp³-hybridized carbons (Fsp3) is 0.611. The summed E-state index contributed by atoms with van der Waals surface area (Å²) >= 11 is 0. The largest absolute Gasteiger partial charge is 0.508 e. The summed E-state index contributed by atoms with van der Waals surface area (Å²) < 4.78 is 0. The summed E-state index contributed by atoms with van der Waals surface area (Å²) in [5.74, 6) is 0.408. The highest BCUT2D eigenvalue weighted by atomic mass is 16.3. The summed E-state index contributed by atoms with van der Waals surface area (Å²) in [5.41, 5.74) is 1.07. The molecule has 0 saturated heterocycles. The standard InChI is InChI=1S/C18H28N2O3/c1-13(11-14-7-9-16(22)10-8-14)19-18(23)20-17-6-4-2-3-5-15(17)12-21/h7-10,13,15,17,21-22H,2-6,11-12H2,1H3,(H2,19,20,23). The number of carbonyl (C=O) groups is 1. The van der Waals surface area contributed by atoms with E-state index in [9.17, 15) is 15.0 Å². The zero-order chi connectivity index (χ0) is 16.7. The van der Waals surface area contributed by atoms with E-state index in [1.54, 1.807) is 12.1 Å². The Labute approximate surface area is 138 Å². The van der Waals surface area contributed by atoms with E-state index in [1.807, 2.05) is 19.1 Å². The van der Waals surface area contributed by atoms with Gasteiger partial charge in [-0.25, -0.2) is 4.79 Å². The number of hydrogen-bond acceptors (Lipinski definition) is 3. The molecule has 0 aliphatic heterocycles. The number of aliphatic hydroxyl groups excluding tert-OH is 1. The highest BCUT2D eigenvalue weighted by Crippen LogP contribution is 2.23. The first kappa shape index (κ1) is 17.6. The van der Waals surface area contributed by atoms with E-state index in [4.69, 9.17) is 0 Å². The molecule has 1 saturated carbocycles. The van der Waals surface area contributed by atoms with Crippen molar-refractivity contribution in [2.45, 2.75) is 57.5 Å². The Bertz CT molecular complexity index is 490. The first-order chi connectivity index (χ1) is 11.1. The molecule has 5 nitrogen and oxygen atoms in total. The van der Waals surface area contributed by atoms with Gasteiger partial charge in [0.2, 0.25) is 0 Å². The average Bonchev–Trinajstić information content (AvgIpc) is 2.74. The number of rotatable bonds is 5. The van der Waals surface area contributed by atoms with E-state index >= 15 is 0 Å². The Hall–Kier alpha value is -1.75. The second kappa shape index (κ2) is 8.77. The van der Waals surface area contributed by atoms with Crippen LogP contribution in [-0.2, 0) is 6.42 Å². The van der Waals surface area contributed by atoms with Gasteiger partial charge in [-0.2, -0.15) is 0 Å². The quantitative estimate of drug-likeness (QED) is 0.629. The normalized spacial score (nSPS) is 22.9. The van der Waals surface area contributed by atoms with E-state index in [2.05, 4.69) is 10.6 Å². The van der Waals surface area contributed by atoms with Crippen LogP contribution in [0.5, 0.6) is 5.75 Å². The number of amides is 2. The van der Waals surface area contributed by atoms with Crippen molar-refractivity contribution in [2.24, 2.45) is 5.92 Å². The third-order valence-corrected chi connectivity index (χ3v) is 4.57. The van der Waals surface area contributed by atoms with E-state index < -0.39 is 0 Å². The monoisotopic (exact) mass is 320 g/mol. The minimum atomic E-state index is -0.165. The Balaban J connectivity index is 1.81. The lowest BCUT2D eigenvalue weighted by atomic mass is 9.96. The third kappa shape index (κ3) is 5.75. The molecular weight excluding hydrogens is 292 g/mol. The third-order valence-electron chi connectivity index (χ3n) is 4.57. The molecule has 2 amide bonds. The smallest absolute Gasteiger partial charge is 0.315 e. The van der Waals surface area contributed by atoms with Gasteiger partial charge < -0.3 is 20.8 Å². The SMILES string of the molecule is CC(Cc1ccc(O)cc1)NC(=O)NC1CCCCCC1CO. The molecule has 1 aliphatic carbocycles. The molecule has 3 unspecified atom stereocenters. The maximum Gasteiger partial charge on any atom is 0.315 e. The van der Waals surface area contributed by atoms with Gasteiger partial charge in [0.05, 0.1) is 0 Å². The summed E-state index contributed by atoms with van der Waals surface area (Å²) in [7, 11) is 0. The minimum Gasteiger partial charge on any atom is -0.508 e. The van der Waals surface area contributed by atoms with Crippen LogP contribution in [0.1, 0.15) is 44.6 Å². The van der Waals surface area contributed by atoms with Crippen molar-refractivity contribution in [3.05, 3.63) is 29.8 Å². The van der Waals surface area contributed by atoms with Gasteiger partial charge in [0.15, 0.2) is 0 Å².